The number of nitriles is 1. The summed E-state index contributed by atoms with van der Waals surface area (Å²) in [6.07, 6.45) is 1.50. The van der Waals surface area contributed by atoms with Gasteiger partial charge in [0.05, 0.1) is 18.4 Å². The maximum absolute atomic E-state index is 12.7. The molecule has 0 bridgehead atoms. The van der Waals surface area contributed by atoms with Gasteiger partial charge in [0.1, 0.15) is 11.6 Å². The monoisotopic (exact) mass is 300 g/mol. The van der Waals surface area contributed by atoms with Gasteiger partial charge >= 0.3 is 0 Å². The van der Waals surface area contributed by atoms with Crippen molar-refractivity contribution in [1.82, 2.24) is 9.78 Å². The zero-order chi connectivity index (χ0) is 15.8. The summed E-state index contributed by atoms with van der Waals surface area (Å²) in [7, 11) is 0. The Bertz CT molecular complexity index is 937. The highest BCUT2D eigenvalue weighted by molar-refractivity contribution is 6.10. The predicted molar refractivity (Wildman–Crippen MR) is 85.2 cm³/mol. The van der Waals surface area contributed by atoms with E-state index in [0.29, 0.717) is 23.5 Å². The first-order valence-corrected chi connectivity index (χ1v) is 7.23. The van der Waals surface area contributed by atoms with E-state index in [-0.39, 0.29) is 5.91 Å². The summed E-state index contributed by atoms with van der Waals surface area (Å²) in [4.78, 5) is 14.3. The Morgan fingerprint density at radius 1 is 1.04 bits per heavy atom. The molecule has 5 heteroatoms. The van der Waals surface area contributed by atoms with E-state index in [0.717, 1.165) is 11.3 Å². The number of para-hydroxylation sites is 1. The first-order valence-electron chi connectivity index (χ1n) is 7.23. The Kier molecular flexibility index (Phi) is 2.95. The number of hydrogen-bond donors (Lipinski definition) is 0. The van der Waals surface area contributed by atoms with Crippen LogP contribution in [0.2, 0.25) is 0 Å². The molecule has 2 aromatic carbocycles. The Balaban J connectivity index is 1.86. The van der Waals surface area contributed by atoms with E-state index in [9.17, 15) is 10.1 Å². The van der Waals surface area contributed by atoms with E-state index in [1.165, 1.54) is 6.20 Å². The number of fused-ring (bicyclic) bond motifs is 1. The fourth-order valence-corrected chi connectivity index (χ4v) is 2.86. The predicted octanol–water partition coefficient (Wildman–Crippen LogP) is 2.90. The molecule has 0 saturated carbocycles. The van der Waals surface area contributed by atoms with Gasteiger partial charge in [-0.3, -0.25) is 9.69 Å². The number of carbonyl (C=O) groups is 1. The van der Waals surface area contributed by atoms with Crippen LogP contribution in [-0.2, 0) is 6.54 Å². The van der Waals surface area contributed by atoms with E-state index in [1.54, 1.807) is 9.58 Å². The highest BCUT2D eigenvalue weighted by atomic mass is 16.2. The molecule has 2 heterocycles. The quantitative estimate of drug-likeness (QED) is 0.731. The van der Waals surface area contributed by atoms with Gasteiger partial charge in [-0.1, -0.05) is 36.4 Å². The van der Waals surface area contributed by atoms with E-state index < -0.39 is 0 Å². The third kappa shape index (κ3) is 2.00. The van der Waals surface area contributed by atoms with Crippen molar-refractivity contribution in [1.29, 1.82) is 5.26 Å². The van der Waals surface area contributed by atoms with Gasteiger partial charge in [-0.15, -0.1) is 0 Å². The summed E-state index contributed by atoms with van der Waals surface area (Å²) in [5, 5.41) is 13.7. The van der Waals surface area contributed by atoms with Gasteiger partial charge in [0, 0.05) is 5.56 Å². The van der Waals surface area contributed by atoms with Gasteiger partial charge in [-0.05, 0) is 23.8 Å². The molecule has 110 valence electrons. The summed E-state index contributed by atoms with van der Waals surface area (Å²) in [6, 6.07) is 19.1. The Morgan fingerprint density at radius 3 is 2.52 bits per heavy atom. The van der Waals surface area contributed by atoms with Crippen LogP contribution in [0.15, 0.2) is 60.8 Å². The topological polar surface area (TPSA) is 61.9 Å². The first-order chi connectivity index (χ1) is 11.3. The maximum Gasteiger partial charge on any atom is 0.260 e. The highest BCUT2D eigenvalue weighted by Gasteiger charge is 2.32. The fourth-order valence-electron chi connectivity index (χ4n) is 2.86. The lowest BCUT2D eigenvalue weighted by atomic mass is 10.1. The molecule has 1 aromatic heterocycles. The van der Waals surface area contributed by atoms with Crippen molar-refractivity contribution in [3.63, 3.8) is 0 Å². The summed E-state index contributed by atoms with van der Waals surface area (Å²) in [5.41, 5.74) is 2.84. The third-order valence-electron chi connectivity index (χ3n) is 3.94. The summed E-state index contributed by atoms with van der Waals surface area (Å²) in [5.74, 6) is 0.412. The molecule has 1 amide bonds. The van der Waals surface area contributed by atoms with Crippen molar-refractivity contribution < 1.29 is 4.79 Å². The van der Waals surface area contributed by atoms with Crippen molar-refractivity contribution >= 4 is 11.7 Å². The van der Waals surface area contributed by atoms with Crippen LogP contribution in [0.3, 0.4) is 0 Å². The minimum Gasteiger partial charge on any atom is -0.287 e. The summed E-state index contributed by atoms with van der Waals surface area (Å²) >= 11 is 0. The second-order valence-corrected chi connectivity index (χ2v) is 5.29. The van der Waals surface area contributed by atoms with Crippen molar-refractivity contribution in [2.24, 2.45) is 0 Å². The number of hydrogen-bond acceptors (Lipinski definition) is 3. The molecule has 1 aliphatic rings. The molecular formula is C18H12N4O. The van der Waals surface area contributed by atoms with Crippen LogP contribution in [-0.4, -0.2) is 15.7 Å². The highest BCUT2D eigenvalue weighted by Crippen LogP contribution is 2.31. The third-order valence-corrected chi connectivity index (χ3v) is 3.94. The lowest BCUT2D eigenvalue weighted by Gasteiger charge is -2.18. The fraction of sp³-hybridized carbons (Fsp3) is 0.0556. The minimum absolute atomic E-state index is 0.102. The molecule has 1 aliphatic heterocycles. The molecule has 0 radical (unpaired) electrons. The largest absolute Gasteiger partial charge is 0.287 e. The molecule has 0 N–H and O–H groups in total. The number of carbonyl (C=O) groups excluding carboxylic acids is 1. The zero-order valence-electron chi connectivity index (χ0n) is 12.2. The van der Waals surface area contributed by atoms with Crippen molar-refractivity contribution in [2.75, 3.05) is 4.90 Å². The Hall–Kier alpha value is -3.39. The normalized spacial score (nSPS) is 13.0. The molecule has 0 atom stereocenters. The van der Waals surface area contributed by atoms with E-state index >= 15 is 0 Å². The number of benzene rings is 2. The van der Waals surface area contributed by atoms with Crippen molar-refractivity contribution in [3.8, 4) is 11.8 Å². The van der Waals surface area contributed by atoms with Crippen LogP contribution < -0.4 is 4.90 Å². The van der Waals surface area contributed by atoms with E-state index in [1.807, 2.05) is 54.6 Å². The lowest BCUT2D eigenvalue weighted by Crippen LogP contribution is -2.26. The van der Waals surface area contributed by atoms with Crippen LogP contribution in [0.4, 0.5) is 5.82 Å². The number of rotatable bonds is 2. The smallest absolute Gasteiger partial charge is 0.260 e. The standard InChI is InChI=1S/C18H12N4O/c19-10-14-11-20-22(15-7-2-1-3-8-15)17(14)21-12-13-6-4-5-9-16(13)18(21)23/h1-9,11H,12H2. The van der Waals surface area contributed by atoms with Crippen LogP contribution in [0.5, 0.6) is 0 Å². The molecular weight excluding hydrogens is 288 g/mol. The average Bonchev–Trinajstić information content (AvgIpc) is 3.17. The lowest BCUT2D eigenvalue weighted by molar-refractivity contribution is 0.0995. The summed E-state index contributed by atoms with van der Waals surface area (Å²) < 4.78 is 1.64. The molecule has 0 saturated heterocycles. The molecule has 0 spiro atoms. The van der Waals surface area contributed by atoms with Crippen LogP contribution in [0.1, 0.15) is 21.5 Å². The average molecular weight is 300 g/mol. The Labute approximate surface area is 133 Å². The van der Waals surface area contributed by atoms with Gasteiger partial charge in [0.25, 0.3) is 5.91 Å². The molecule has 4 rings (SSSR count). The van der Waals surface area contributed by atoms with E-state index in [4.69, 9.17) is 0 Å². The first kappa shape index (κ1) is 13.3. The molecule has 23 heavy (non-hydrogen) atoms. The zero-order valence-corrected chi connectivity index (χ0v) is 12.2. The van der Waals surface area contributed by atoms with Gasteiger partial charge in [0.2, 0.25) is 0 Å². The van der Waals surface area contributed by atoms with Gasteiger partial charge < -0.3 is 0 Å². The van der Waals surface area contributed by atoms with Crippen LogP contribution in [0, 0.1) is 11.3 Å². The minimum atomic E-state index is -0.102. The molecule has 0 fully saturated rings. The van der Waals surface area contributed by atoms with Crippen molar-refractivity contribution in [2.45, 2.75) is 6.54 Å². The Morgan fingerprint density at radius 2 is 1.78 bits per heavy atom. The SMILES string of the molecule is N#Cc1cnn(-c2ccccc2)c1N1Cc2ccccc2C1=O. The van der Waals surface area contributed by atoms with Gasteiger partial charge in [-0.25, -0.2) is 4.68 Å². The number of anilines is 1. The van der Waals surface area contributed by atoms with Gasteiger partial charge in [0.15, 0.2) is 5.82 Å². The second kappa shape index (κ2) is 5.11. The molecule has 5 nitrogen and oxygen atoms in total. The van der Waals surface area contributed by atoms with Crippen LogP contribution >= 0.6 is 0 Å². The molecule has 0 aliphatic carbocycles. The second-order valence-electron chi connectivity index (χ2n) is 5.29. The van der Waals surface area contributed by atoms with Gasteiger partial charge in [-0.2, -0.15) is 10.4 Å². The number of nitrogens with zero attached hydrogens (tertiary/aromatic N) is 4. The number of amides is 1. The molecule has 0 unspecified atom stereocenters. The molecule has 3 aromatic rings. The summed E-state index contributed by atoms with van der Waals surface area (Å²) in [6.45, 7) is 0.447. The maximum atomic E-state index is 12.7. The van der Waals surface area contributed by atoms with Crippen molar-refractivity contribution in [3.05, 3.63) is 77.5 Å². The van der Waals surface area contributed by atoms with E-state index in [2.05, 4.69) is 11.2 Å². The number of aromatic nitrogens is 2. The van der Waals surface area contributed by atoms with Crippen LogP contribution in [0.25, 0.3) is 5.69 Å².